The van der Waals surface area contributed by atoms with E-state index < -0.39 is 0 Å². The molecule has 4 heteroatoms. The predicted octanol–water partition coefficient (Wildman–Crippen LogP) is 2.59. The van der Waals surface area contributed by atoms with Crippen LogP contribution in [0.4, 0.5) is 0 Å². The van der Waals surface area contributed by atoms with E-state index in [1.807, 2.05) is 0 Å². The second-order valence-corrected chi connectivity index (χ2v) is 3.63. The number of phenolic OH excluding ortho intramolecular Hbond substituents is 1. The van der Waals surface area contributed by atoms with Gasteiger partial charge in [0.05, 0.1) is 5.02 Å². The summed E-state index contributed by atoms with van der Waals surface area (Å²) in [4.78, 5) is 0. The van der Waals surface area contributed by atoms with Gasteiger partial charge in [-0.25, -0.2) is 0 Å². The first-order valence-corrected chi connectivity index (χ1v) is 4.77. The zero-order valence-electron chi connectivity index (χ0n) is 7.06. The van der Waals surface area contributed by atoms with E-state index in [2.05, 4.69) is 0 Å². The lowest BCUT2D eigenvalue weighted by atomic mass is 10.1. The van der Waals surface area contributed by atoms with Crippen LogP contribution < -0.4 is 5.73 Å². The molecule has 3 N–H and O–H groups in total. The number of nitrogens with two attached hydrogens (primary N) is 1. The molecule has 0 unspecified atom stereocenters. The van der Waals surface area contributed by atoms with E-state index in [1.165, 1.54) is 6.07 Å². The van der Waals surface area contributed by atoms with Gasteiger partial charge in [-0.05, 0) is 37.1 Å². The van der Waals surface area contributed by atoms with E-state index in [4.69, 9.17) is 28.9 Å². The van der Waals surface area contributed by atoms with Crippen molar-refractivity contribution in [1.82, 2.24) is 0 Å². The van der Waals surface area contributed by atoms with Crippen molar-refractivity contribution in [2.45, 2.75) is 12.8 Å². The van der Waals surface area contributed by atoms with Gasteiger partial charge in [0.15, 0.2) is 0 Å². The summed E-state index contributed by atoms with van der Waals surface area (Å²) in [6, 6.07) is 3.23. The van der Waals surface area contributed by atoms with Gasteiger partial charge in [-0.15, -0.1) is 0 Å². The van der Waals surface area contributed by atoms with Crippen LogP contribution in [0.15, 0.2) is 12.1 Å². The first-order valence-electron chi connectivity index (χ1n) is 4.02. The molecule has 0 heterocycles. The van der Waals surface area contributed by atoms with Crippen LogP contribution in [0.5, 0.6) is 5.75 Å². The Bertz CT molecular complexity index is 302. The van der Waals surface area contributed by atoms with Crippen LogP contribution >= 0.6 is 23.2 Å². The van der Waals surface area contributed by atoms with Gasteiger partial charge in [0.1, 0.15) is 5.75 Å². The molecule has 0 spiro atoms. The average Bonchev–Trinajstić information content (AvgIpc) is 2.09. The number of aryl methyl sites for hydroxylation is 1. The van der Waals surface area contributed by atoms with E-state index in [0.29, 0.717) is 23.0 Å². The Morgan fingerprint density at radius 1 is 1.31 bits per heavy atom. The number of hydrogen-bond acceptors (Lipinski definition) is 2. The summed E-state index contributed by atoms with van der Waals surface area (Å²) in [6.45, 7) is 0.587. The fourth-order valence-corrected chi connectivity index (χ4v) is 1.64. The molecule has 0 aliphatic rings. The van der Waals surface area contributed by atoms with Gasteiger partial charge in [0.2, 0.25) is 0 Å². The molecule has 0 saturated heterocycles. The molecule has 0 radical (unpaired) electrons. The molecule has 0 aliphatic heterocycles. The SMILES string of the molecule is NCCCc1cc(Cl)cc(Cl)c1O. The quantitative estimate of drug-likeness (QED) is 0.822. The molecule has 0 saturated carbocycles. The van der Waals surface area contributed by atoms with E-state index in [-0.39, 0.29) is 5.75 Å². The number of phenols is 1. The van der Waals surface area contributed by atoms with Gasteiger partial charge in [0, 0.05) is 5.02 Å². The van der Waals surface area contributed by atoms with Crippen molar-refractivity contribution in [2.24, 2.45) is 5.73 Å². The molecule has 1 aromatic carbocycles. The number of aromatic hydroxyl groups is 1. The molecule has 1 aromatic rings. The molecule has 2 nitrogen and oxygen atoms in total. The summed E-state index contributed by atoms with van der Waals surface area (Å²) >= 11 is 11.5. The van der Waals surface area contributed by atoms with Crippen molar-refractivity contribution < 1.29 is 5.11 Å². The van der Waals surface area contributed by atoms with Crippen LogP contribution in [0.2, 0.25) is 10.0 Å². The smallest absolute Gasteiger partial charge is 0.137 e. The van der Waals surface area contributed by atoms with Crippen LogP contribution in [-0.4, -0.2) is 11.7 Å². The predicted molar refractivity (Wildman–Crippen MR) is 55.5 cm³/mol. The van der Waals surface area contributed by atoms with E-state index in [1.54, 1.807) is 6.07 Å². The van der Waals surface area contributed by atoms with Crippen LogP contribution in [-0.2, 0) is 6.42 Å². The third-order valence-corrected chi connectivity index (χ3v) is 2.26. The zero-order chi connectivity index (χ0) is 9.84. The number of hydrogen-bond donors (Lipinski definition) is 2. The second kappa shape index (κ2) is 4.70. The third kappa shape index (κ3) is 2.76. The highest BCUT2D eigenvalue weighted by Crippen LogP contribution is 2.31. The third-order valence-electron chi connectivity index (χ3n) is 1.76. The first-order chi connectivity index (χ1) is 6.15. The van der Waals surface area contributed by atoms with Gasteiger partial charge < -0.3 is 10.8 Å². The van der Waals surface area contributed by atoms with Crippen LogP contribution in [0.25, 0.3) is 0 Å². The van der Waals surface area contributed by atoms with Gasteiger partial charge in [-0.2, -0.15) is 0 Å². The summed E-state index contributed by atoms with van der Waals surface area (Å²) in [5.41, 5.74) is 6.11. The maximum atomic E-state index is 9.52. The molecule has 0 aliphatic carbocycles. The molecular weight excluding hydrogens is 209 g/mol. The van der Waals surface area contributed by atoms with E-state index in [0.717, 1.165) is 12.0 Å². The van der Waals surface area contributed by atoms with Gasteiger partial charge in [0.25, 0.3) is 0 Å². The van der Waals surface area contributed by atoms with E-state index >= 15 is 0 Å². The van der Waals surface area contributed by atoms with Crippen molar-refractivity contribution in [3.63, 3.8) is 0 Å². The lowest BCUT2D eigenvalue weighted by Crippen LogP contribution is -2.00. The summed E-state index contributed by atoms with van der Waals surface area (Å²) in [7, 11) is 0. The van der Waals surface area contributed by atoms with Crippen LogP contribution in [0.1, 0.15) is 12.0 Å². The highest BCUT2D eigenvalue weighted by Gasteiger charge is 2.06. The Morgan fingerprint density at radius 3 is 2.62 bits per heavy atom. The summed E-state index contributed by atoms with van der Waals surface area (Å²) < 4.78 is 0. The minimum atomic E-state index is 0.111. The zero-order valence-corrected chi connectivity index (χ0v) is 8.57. The monoisotopic (exact) mass is 219 g/mol. The molecule has 72 valence electrons. The summed E-state index contributed by atoms with van der Waals surface area (Å²) in [5.74, 6) is 0.111. The fraction of sp³-hybridized carbons (Fsp3) is 0.333. The minimum absolute atomic E-state index is 0.111. The Kier molecular flexibility index (Phi) is 3.85. The number of benzene rings is 1. The molecule has 13 heavy (non-hydrogen) atoms. The maximum Gasteiger partial charge on any atom is 0.137 e. The Labute approximate surface area is 87.3 Å². The molecule has 0 amide bonds. The Morgan fingerprint density at radius 2 is 2.00 bits per heavy atom. The first kappa shape index (κ1) is 10.6. The summed E-state index contributed by atoms with van der Waals surface area (Å²) in [5, 5.41) is 10.3. The largest absolute Gasteiger partial charge is 0.506 e. The normalized spacial score (nSPS) is 10.4. The van der Waals surface area contributed by atoms with Gasteiger partial charge in [-0.3, -0.25) is 0 Å². The molecular formula is C9H11Cl2NO. The average molecular weight is 220 g/mol. The van der Waals surface area contributed by atoms with Crippen molar-refractivity contribution in [1.29, 1.82) is 0 Å². The van der Waals surface area contributed by atoms with Crippen molar-refractivity contribution >= 4 is 23.2 Å². The summed E-state index contributed by atoms with van der Waals surface area (Å²) in [6.07, 6.45) is 1.51. The number of halogens is 2. The Balaban J connectivity index is 2.92. The van der Waals surface area contributed by atoms with Crippen LogP contribution in [0, 0.1) is 0 Å². The molecule has 0 aromatic heterocycles. The number of rotatable bonds is 3. The fourth-order valence-electron chi connectivity index (χ4n) is 1.10. The standard InChI is InChI=1S/C9H11Cl2NO/c10-7-4-6(2-1-3-12)9(13)8(11)5-7/h4-5,13H,1-3,12H2. The van der Waals surface area contributed by atoms with Gasteiger partial charge >= 0.3 is 0 Å². The lowest BCUT2D eigenvalue weighted by Gasteiger charge is -2.05. The van der Waals surface area contributed by atoms with Gasteiger partial charge in [-0.1, -0.05) is 23.2 Å². The maximum absolute atomic E-state index is 9.52. The topological polar surface area (TPSA) is 46.2 Å². The van der Waals surface area contributed by atoms with Crippen molar-refractivity contribution in [3.05, 3.63) is 27.7 Å². The molecule has 0 fully saturated rings. The Hall–Kier alpha value is -0.440. The highest BCUT2D eigenvalue weighted by molar-refractivity contribution is 6.35. The highest BCUT2D eigenvalue weighted by atomic mass is 35.5. The van der Waals surface area contributed by atoms with Crippen molar-refractivity contribution in [3.8, 4) is 5.75 Å². The van der Waals surface area contributed by atoms with E-state index in [9.17, 15) is 5.11 Å². The molecule has 1 rings (SSSR count). The lowest BCUT2D eigenvalue weighted by molar-refractivity contribution is 0.467. The second-order valence-electron chi connectivity index (χ2n) is 2.79. The van der Waals surface area contributed by atoms with Crippen LogP contribution in [0.3, 0.4) is 0 Å². The van der Waals surface area contributed by atoms with Crippen molar-refractivity contribution in [2.75, 3.05) is 6.54 Å². The minimum Gasteiger partial charge on any atom is -0.506 e. The molecule has 0 bridgehead atoms. The molecule has 0 atom stereocenters.